The molecule has 0 aliphatic carbocycles. The topological polar surface area (TPSA) is 103 Å². The number of hydrogen-bond donors (Lipinski definition) is 2. The molecule has 0 unspecified atom stereocenters. The Bertz CT molecular complexity index is 1170. The smallest absolute Gasteiger partial charge is 0.341 e. The number of anilines is 2. The molecule has 9 heteroatoms. The van der Waals surface area contributed by atoms with Crippen LogP contribution in [0.2, 0.25) is 0 Å². The van der Waals surface area contributed by atoms with Crippen LogP contribution in [0.3, 0.4) is 0 Å². The first-order chi connectivity index (χ1) is 15.9. The molecule has 0 aliphatic rings. The molecule has 3 rings (SSSR count). The molecule has 0 aliphatic heterocycles. The molecule has 0 radical (unpaired) electrons. The highest BCUT2D eigenvalue weighted by Gasteiger charge is 2.26. The van der Waals surface area contributed by atoms with Gasteiger partial charge < -0.3 is 24.8 Å². The Kier molecular flexibility index (Phi) is 7.68. The van der Waals surface area contributed by atoms with E-state index >= 15 is 0 Å². The Morgan fingerprint density at radius 3 is 2.24 bits per heavy atom. The molecule has 2 amide bonds. The van der Waals surface area contributed by atoms with E-state index in [0.717, 1.165) is 16.9 Å². The molecule has 0 atom stereocenters. The number of rotatable bonds is 8. The molecule has 1 aromatic heterocycles. The molecule has 2 N–H and O–H groups in total. The number of hydrogen-bond acceptors (Lipinski definition) is 7. The number of methoxy groups -OCH3 is 3. The molecule has 3 aromatic rings. The minimum atomic E-state index is -0.635. The summed E-state index contributed by atoms with van der Waals surface area (Å²) in [5.74, 6) is -0.0908. The number of amides is 2. The van der Waals surface area contributed by atoms with E-state index in [0.29, 0.717) is 22.7 Å². The van der Waals surface area contributed by atoms with Gasteiger partial charge in [0.25, 0.3) is 5.91 Å². The van der Waals surface area contributed by atoms with Crippen LogP contribution < -0.4 is 20.1 Å². The molecule has 0 saturated heterocycles. The van der Waals surface area contributed by atoms with E-state index < -0.39 is 11.9 Å². The molecule has 8 nitrogen and oxygen atoms in total. The fourth-order valence-corrected chi connectivity index (χ4v) is 4.26. The van der Waals surface area contributed by atoms with Gasteiger partial charge in [0.1, 0.15) is 16.5 Å². The van der Waals surface area contributed by atoms with E-state index in [1.807, 2.05) is 0 Å². The van der Waals surface area contributed by atoms with Gasteiger partial charge in [0, 0.05) is 11.8 Å². The molecule has 172 valence electrons. The lowest BCUT2D eigenvalue weighted by atomic mass is 10.1. The van der Waals surface area contributed by atoms with E-state index in [1.165, 1.54) is 14.2 Å². The van der Waals surface area contributed by atoms with Crippen molar-refractivity contribution in [3.05, 3.63) is 70.1 Å². The highest BCUT2D eigenvalue weighted by Crippen LogP contribution is 2.34. The summed E-state index contributed by atoms with van der Waals surface area (Å²) in [7, 11) is 4.35. The van der Waals surface area contributed by atoms with Crippen LogP contribution in [0.5, 0.6) is 11.5 Å². The van der Waals surface area contributed by atoms with Gasteiger partial charge in [-0.3, -0.25) is 9.59 Å². The molecule has 1 heterocycles. The standard InChI is InChI=1S/C24H24N2O6S/c1-14-20(24(29)32-4)23(26-19(27)12-15-8-10-17(30-2)11-9-15)33-21(14)22(28)25-16-6-5-7-18(13-16)31-3/h5-11,13H,12H2,1-4H3,(H,25,28)(H,26,27). The van der Waals surface area contributed by atoms with E-state index in [2.05, 4.69) is 10.6 Å². The Hall–Kier alpha value is -3.85. The zero-order valence-corrected chi connectivity index (χ0v) is 19.5. The van der Waals surface area contributed by atoms with Gasteiger partial charge in [-0.15, -0.1) is 11.3 Å². The van der Waals surface area contributed by atoms with Crippen LogP contribution in [-0.4, -0.2) is 39.1 Å². The summed E-state index contributed by atoms with van der Waals surface area (Å²) < 4.78 is 15.2. The van der Waals surface area contributed by atoms with Crippen molar-refractivity contribution >= 4 is 39.8 Å². The fraction of sp³-hybridized carbons (Fsp3) is 0.208. The second kappa shape index (κ2) is 10.6. The lowest BCUT2D eigenvalue weighted by Gasteiger charge is -2.07. The van der Waals surface area contributed by atoms with Gasteiger partial charge >= 0.3 is 5.97 Å². The summed E-state index contributed by atoms with van der Waals surface area (Å²) in [5, 5.41) is 5.80. The molecular weight excluding hydrogens is 444 g/mol. The Morgan fingerprint density at radius 2 is 1.61 bits per heavy atom. The van der Waals surface area contributed by atoms with Gasteiger partial charge in [-0.05, 0) is 42.3 Å². The van der Waals surface area contributed by atoms with Crippen molar-refractivity contribution < 1.29 is 28.6 Å². The van der Waals surface area contributed by atoms with Crippen molar-refractivity contribution in [2.24, 2.45) is 0 Å². The van der Waals surface area contributed by atoms with Crippen LogP contribution >= 0.6 is 11.3 Å². The zero-order chi connectivity index (χ0) is 24.0. The SMILES string of the molecule is COC(=O)c1c(NC(=O)Cc2ccc(OC)cc2)sc(C(=O)Nc2cccc(OC)c2)c1C. The second-order valence-corrected chi connectivity index (χ2v) is 8.03. The summed E-state index contributed by atoms with van der Waals surface area (Å²) in [4.78, 5) is 38.3. The first-order valence-electron chi connectivity index (χ1n) is 9.96. The number of ether oxygens (including phenoxy) is 3. The lowest BCUT2D eigenvalue weighted by Crippen LogP contribution is -2.16. The van der Waals surface area contributed by atoms with Crippen molar-refractivity contribution in [1.29, 1.82) is 0 Å². The number of carbonyl (C=O) groups is 3. The fourth-order valence-electron chi connectivity index (χ4n) is 3.15. The maximum Gasteiger partial charge on any atom is 0.341 e. The van der Waals surface area contributed by atoms with Crippen molar-refractivity contribution in [2.75, 3.05) is 32.0 Å². The lowest BCUT2D eigenvalue weighted by molar-refractivity contribution is -0.115. The van der Waals surface area contributed by atoms with Crippen LogP contribution in [-0.2, 0) is 16.0 Å². The quantitative estimate of drug-likeness (QED) is 0.478. The Balaban J connectivity index is 1.83. The summed E-state index contributed by atoms with van der Waals surface area (Å²) in [5.41, 5.74) is 1.89. The average molecular weight is 469 g/mol. The summed E-state index contributed by atoms with van der Waals surface area (Å²) >= 11 is 1.02. The number of nitrogens with one attached hydrogen (secondary N) is 2. The minimum absolute atomic E-state index is 0.0902. The van der Waals surface area contributed by atoms with Crippen LogP contribution in [0.25, 0.3) is 0 Å². The van der Waals surface area contributed by atoms with Crippen LogP contribution in [0.1, 0.15) is 31.2 Å². The van der Waals surface area contributed by atoms with Crippen molar-refractivity contribution in [1.82, 2.24) is 0 Å². The molecule has 33 heavy (non-hydrogen) atoms. The summed E-state index contributed by atoms with van der Waals surface area (Å²) in [6, 6.07) is 14.0. The zero-order valence-electron chi connectivity index (χ0n) is 18.7. The molecule has 0 bridgehead atoms. The molecule has 2 aromatic carbocycles. The van der Waals surface area contributed by atoms with Gasteiger partial charge in [0.05, 0.1) is 38.2 Å². The van der Waals surface area contributed by atoms with Gasteiger partial charge in [-0.25, -0.2) is 4.79 Å². The number of benzene rings is 2. The van der Waals surface area contributed by atoms with Gasteiger partial charge in [-0.2, -0.15) is 0 Å². The van der Waals surface area contributed by atoms with Crippen LogP contribution in [0, 0.1) is 6.92 Å². The number of carbonyl (C=O) groups excluding carboxylic acids is 3. The van der Waals surface area contributed by atoms with Crippen LogP contribution in [0.4, 0.5) is 10.7 Å². The number of esters is 1. The van der Waals surface area contributed by atoms with Gasteiger partial charge in [0.2, 0.25) is 5.91 Å². The monoisotopic (exact) mass is 468 g/mol. The molecular formula is C24H24N2O6S. The van der Waals surface area contributed by atoms with Gasteiger partial charge in [-0.1, -0.05) is 18.2 Å². The third-order valence-electron chi connectivity index (χ3n) is 4.85. The van der Waals surface area contributed by atoms with Crippen molar-refractivity contribution in [2.45, 2.75) is 13.3 Å². The maximum absolute atomic E-state index is 12.9. The second-order valence-electron chi connectivity index (χ2n) is 7.01. The third kappa shape index (κ3) is 5.69. The average Bonchev–Trinajstić information content (AvgIpc) is 3.14. The van der Waals surface area contributed by atoms with E-state index in [4.69, 9.17) is 14.2 Å². The normalized spacial score (nSPS) is 10.3. The van der Waals surface area contributed by atoms with Crippen LogP contribution in [0.15, 0.2) is 48.5 Å². The first kappa shape index (κ1) is 23.8. The Morgan fingerprint density at radius 1 is 0.909 bits per heavy atom. The largest absolute Gasteiger partial charge is 0.497 e. The van der Waals surface area contributed by atoms with E-state index in [-0.39, 0.29) is 27.8 Å². The molecule has 0 spiro atoms. The van der Waals surface area contributed by atoms with Crippen molar-refractivity contribution in [3.63, 3.8) is 0 Å². The molecule has 0 fully saturated rings. The summed E-state index contributed by atoms with van der Waals surface area (Å²) in [6.45, 7) is 1.64. The highest BCUT2D eigenvalue weighted by molar-refractivity contribution is 7.18. The summed E-state index contributed by atoms with van der Waals surface area (Å²) in [6.07, 6.45) is 0.0902. The first-order valence-corrected chi connectivity index (χ1v) is 10.8. The molecule has 0 saturated carbocycles. The van der Waals surface area contributed by atoms with Crippen molar-refractivity contribution in [3.8, 4) is 11.5 Å². The third-order valence-corrected chi connectivity index (χ3v) is 6.05. The predicted molar refractivity (Wildman–Crippen MR) is 127 cm³/mol. The van der Waals surface area contributed by atoms with Gasteiger partial charge in [0.15, 0.2) is 0 Å². The Labute approximate surface area is 195 Å². The number of thiophene rings is 1. The highest BCUT2D eigenvalue weighted by atomic mass is 32.1. The predicted octanol–water partition coefficient (Wildman–Crippen LogP) is 4.29. The van der Waals surface area contributed by atoms with E-state index in [9.17, 15) is 14.4 Å². The van der Waals surface area contributed by atoms with E-state index in [1.54, 1.807) is 62.6 Å². The maximum atomic E-state index is 12.9. The minimum Gasteiger partial charge on any atom is -0.497 e.